The Labute approximate surface area is 160 Å². The van der Waals surface area contributed by atoms with Crippen molar-refractivity contribution < 1.29 is 33.0 Å². The highest BCUT2D eigenvalue weighted by molar-refractivity contribution is 7.94. The van der Waals surface area contributed by atoms with Gasteiger partial charge in [-0.1, -0.05) is 13.0 Å². The lowest BCUT2D eigenvalue weighted by Gasteiger charge is -2.16. The van der Waals surface area contributed by atoms with Gasteiger partial charge in [0.1, 0.15) is 11.3 Å². The lowest BCUT2D eigenvalue weighted by Crippen LogP contribution is -2.30. The van der Waals surface area contributed by atoms with Crippen LogP contribution in [0.2, 0.25) is 0 Å². The third kappa shape index (κ3) is 3.54. The number of benzene rings is 2. The van der Waals surface area contributed by atoms with E-state index in [2.05, 4.69) is 5.32 Å². The molecule has 1 aliphatic rings. The van der Waals surface area contributed by atoms with Crippen LogP contribution in [0.5, 0.6) is 5.75 Å². The van der Waals surface area contributed by atoms with Crippen molar-refractivity contribution in [1.82, 2.24) is 0 Å². The normalized spacial score (nSPS) is 18.1. The monoisotopic (exact) mass is 404 g/mol. The number of sulfonamides is 1. The molecule has 1 unspecified atom stereocenters. The number of aromatic carboxylic acids is 1. The second-order valence-corrected chi connectivity index (χ2v) is 8.19. The summed E-state index contributed by atoms with van der Waals surface area (Å²) in [5.41, 5.74) is -0.0174. The maximum absolute atomic E-state index is 12.5. The zero-order valence-corrected chi connectivity index (χ0v) is 15.4. The molecule has 0 saturated carbocycles. The van der Waals surface area contributed by atoms with Crippen molar-refractivity contribution >= 4 is 39.2 Å². The van der Waals surface area contributed by atoms with E-state index in [1.807, 2.05) is 0 Å². The quantitative estimate of drug-likeness (QED) is 0.703. The number of phenols is 1. The second kappa shape index (κ2) is 6.97. The predicted molar refractivity (Wildman–Crippen MR) is 99.9 cm³/mol. The molecule has 1 saturated heterocycles. The van der Waals surface area contributed by atoms with Gasteiger partial charge in [0.2, 0.25) is 15.9 Å². The first kappa shape index (κ1) is 19.4. The first-order valence-electron chi connectivity index (χ1n) is 8.15. The van der Waals surface area contributed by atoms with E-state index in [0.717, 1.165) is 12.1 Å². The third-order valence-corrected chi connectivity index (χ3v) is 6.06. The summed E-state index contributed by atoms with van der Waals surface area (Å²) in [7, 11) is -3.79. The Morgan fingerprint density at radius 3 is 2.46 bits per heavy atom. The fraction of sp³-hybridized carbons (Fsp3) is 0.167. The maximum Gasteiger partial charge on any atom is 0.339 e. The molecule has 2 aromatic rings. The summed E-state index contributed by atoms with van der Waals surface area (Å²) < 4.78 is 25.1. The van der Waals surface area contributed by atoms with E-state index < -0.39 is 39.5 Å². The molecule has 1 fully saturated rings. The molecule has 9 nitrogen and oxygen atoms in total. The number of amides is 2. The highest BCUT2D eigenvalue weighted by atomic mass is 32.2. The Bertz CT molecular complexity index is 1090. The number of anilines is 2. The molecule has 0 spiro atoms. The number of nitrogens with one attached hydrogen (secondary N) is 1. The molecule has 0 bridgehead atoms. The zero-order valence-electron chi connectivity index (χ0n) is 14.6. The van der Waals surface area contributed by atoms with Crippen LogP contribution < -0.4 is 9.62 Å². The van der Waals surface area contributed by atoms with E-state index in [1.54, 1.807) is 0 Å². The predicted octanol–water partition coefficient (Wildman–Crippen LogP) is 1.66. The fourth-order valence-corrected chi connectivity index (χ4v) is 4.67. The van der Waals surface area contributed by atoms with Crippen LogP contribution in [-0.4, -0.2) is 42.2 Å². The minimum absolute atomic E-state index is 0.0612. The third-order valence-electron chi connectivity index (χ3n) is 4.19. The van der Waals surface area contributed by atoms with Gasteiger partial charge in [-0.05, 0) is 30.3 Å². The van der Waals surface area contributed by atoms with E-state index in [-0.39, 0.29) is 28.3 Å². The van der Waals surface area contributed by atoms with E-state index in [4.69, 9.17) is 5.11 Å². The second-order valence-electron chi connectivity index (χ2n) is 6.32. The van der Waals surface area contributed by atoms with Gasteiger partial charge in [-0.25, -0.2) is 17.5 Å². The molecule has 10 heteroatoms. The lowest BCUT2D eigenvalue weighted by molar-refractivity contribution is -0.119. The molecule has 0 radical (unpaired) electrons. The Balaban J connectivity index is 1.86. The van der Waals surface area contributed by atoms with Gasteiger partial charge in [0.15, 0.2) is 0 Å². The van der Waals surface area contributed by atoms with Crippen molar-refractivity contribution in [1.29, 1.82) is 0 Å². The van der Waals surface area contributed by atoms with Crippen molar-refractivity contribution in [2.45, 2.75) is 6.92 Å². The highest BCUT2D eigenvalue weighted by Gasteiger charge is 2.42. The van der Waals surface area contributed by atoms with Crippen LogP contribution in [0.3, 0.4) is 0 Å². The van der Waals surface area contributed by atoms with E-state index in [1.165, 1.54) is 37.3 Å². The first-order chi connectivity index (χ1) is 13.1. The summed E-state index contributed by atoms with van der Waals surface area (Å²) in [6.45, 7) is 1.52. The number of rotatable bonds is 4. The molecule has 0 aromatic heterocycles. The van der Waals surface area contributed by atoms with Gasteiger partial charge in [-0.3, -0.25) is 9.59 Å². The molecule has 1 atom stereocenters. The molecule has 0 aliphatic carbocycles. The molecule has 2 aromatic carbocycles. The molecule has 3 rings (SSSR count). The largest absolute Gasteiger partial charge is 0.507 e. The summed E-state index contributed by atoms with van der Waals surface area (Å²) in [6.07, 6.45) is 0. The van der Waals surface area contributed by atoms with Crippen LogP contribution in [0.25, 0.3) is 0 Å². The Morgan fingerprint density at radius 2 is 1.89 bits per heavy atom. The molecule has 1 heterocycles. The standard InChI is InChI=1S/C18H16N2O7S/c1-10-9-28(26,27)20(17(10)23)13-4-2-3-11(7-13)16(22)19-12-5-6-14(18(24)25)15(21)8-12/h2-8,10,21H,9H2,1H3,(H,19,22)(H,24,25). The van der Waals surface area contributed by atoms with E-state index in [0.29, 0.717) is 4.31 Å². The summed E-state index contributed by atoms with van der Waals surface area (Å²) in [5.74, 6) is -3.97. The molecule has 2 amide bonds. The number of carbonyl (C=O) groups excluding carboxylic acids is 2. The minimum Gasteiger partial charge on any atom is -0.507 e. The van der Waals surface area contributed by atoms with Crippen LogP contribution in [-0.2, 0) is 14.8 Å². The van der Waals surface area contributed by atoms with Gasteiger partial charge in [0, 0.05) is 17.3 Å². The topological polar surface area (TPSA) is 141 Å². The lowest BCUT2D eigenvalue weighted by atomic mass is 10.1. The minimum atomic E-state index is -3.79. The van der Waals surface area contributed by atoms with Gasteiger partial charge in [-0.2, -0.15) is 0 Å². The molecule has 3 N–H and O–H groups in total. The Kier molecular flexibility index (Phi) is 4.82. The Hall–Kier alpha value is -3.40. The number of nitrogens with zero attached hydrogens (tertiary/aromatic N) is 1. The number of carboxylic acid groups (broad SMARTS) is 1. The number of carboxylic acids is 1. The number of hydrogen-bond acceptors (Lipinski definition) is 6. The molecule has 1 aliphatic heterocycles. The van der Waals surface area contributed by atoms with Gasteiger partial charge < -0.3 is 15.5 Å². The summed E-state index contributed by atoms with van der Waals surface area (Å²) in [5, 5.41) is 21.1. The van der Waals surface area contributed by atoms with Gasteiger partial charge in [-0.15, -0.1) is 0 Å². The molecule has 146 valence electrons. The van der Waals surface area contributed by atoms with Crippen LogP contribution >= 0.6 is 0 Å². The van der Waals surface area contributed by atoms with Crippen LogP contribution in [0.15, 0.2) is 42.5 Å². The van der Waals surface area contributed by atoms with Crippen molar-refractivity contribution in [3.63, 3.8) is 0 Å². The van der Waals surface area contributed by atoms with Crippen LogP contribution in [0.1, 0.15) is 27.6 Å². The fourth-order valence-electron chi connectivity index (χ4n) is 2.85. The van der Waals surface area contributed by atoms with E-state index >= 15 is 0 Å². The smallest absolute Gasteiger partial charge is 0.339 e. The van der Waals surface area contributed by atoms with Crippen molar-refractivity contribution in [3.05, 3.63) is 53.6 Å². The van der Waals surface area contributed by atoms with E-state index in [9.17, 15) is 27.9 Å². The summed E-state index contributed by atoms with van der Waals surface area (Å²) in [4.78, 5) is 35.6. The maximum atomic E-state index is 12.5. The zero-order chi connectivity index (χ0) is 20.6. The van der Waals surface area contributed by atoms with Crippen molar-refractivity contribution in [2.75, 3.05) is 15.4 Å². The average molecular weight is 404 g/mol. The van der Waals surface area contributed by atoms with Gasteiger partial charge in [0.25, 0.3) is 5.91 Å². The first-order valence-corrected chi connectivity index (χ1v) is 9.75. The highest BCUT2D eigenvalue weighted by Crippen LogP contribution is 2.29. The van der Waals surface area contributed by atoms with Gasteiger partial charge >= 0.3 is 5.97 Å². The summed E-state index contributed by atoms with van der Waals surface area (Å²) >= 11 is 0. The van der Waals surface area contributed by atoms with Gasteiger partial charge in [0.05, 0.1) is 17.4 Å². The average Bonchev–Trinajstić information content (AvgIpc) is 2.81. The summed E-state index contributed by atoms with van der Waals surface area (Å²) in [6, 6.07) is 9.09. The molecular formula is C18H16N2O7S. The molecular weight excluding hydrogens is 388 g/mol. The van der Waals surface area contributed by atoms with Crippen LogP contribution in [0.4, 0.5) is 11.4 Å². The van der Waals surface area contributed by atoms with Crippen molar-refractivity contribution in [3.8, 4) is 5.75 Å². The van der Waals surface area contributed by atoms with Crippen molar-refractivity contribution in [2.24, 2.45) is 5.92 Å². The SMILES string of the molecule is CC1CS(=O)(=O)N(c2cccc(C(=O)Nc3ccc(C(=O)O)c(O)c3)c2)C1=O. The Morgan fingerprint density at radius 1 is 1.18 bits per heavy atom. The number of hydrogen-bond donors (Lipinski definition) is 3. The molecule has 28 heavy (non-hydrogen) atoms. The number of carbonyl (C=O) groups is 3. The number of aromatic hydroxyl groups is 1. The van der Waals surface area contributed by atoms with Crippen LogP contribution in [0, 0.1) is 5.92 Å².